The summed E-state index contributed by atoms with van der Waals surface area (Å²) in [5.74, 6) is -1.14. The molecular weight excluding hydrogens is 240 g/mol. The normalized spacial score (nSPS) is 20.4. The molecule has 0 bridgehead atoms. The molecule has 2 aromatic rings. The largest absolute Gasteiger partial charge is 0.379 e. The van der Waals surface area contributed by atoms with Crippen LogP contribution in [-0.4, -0.2) is 35.8 Å². The minimum atomic E-state index is -0.900. The first-order valence-corrected chi connectivity index (χ1v) is 5.88. The fourth-order valence-electron chi connectivity index (χ4n) is 2.15. The van der Waals surface area contributed by atoms with Crippen LogP contribution in [0.4, 0.5) is 8.78 Å². The van der Waals surface area contributed by atoms with Crippen molar-refractivity contribution in [3.05, 3.63) is 29.6 Å². The summed E-state index contributed by atoms with van der Waals surface area (Å²) in [6.45, 7) is 2.11. The molecule has 0 aliphatic carbocycles. The van der Waals surface area contributed by atoms with Crippen molar-refractivity contribution in [1.82, 2.24) is 15.3 Å². The molecule has 6 heteroatoms. The maximum Gasteiger partial charge on any atom is 0.186 e. The van der Waals surface area contributed by atoms with Crippen molar-refractivity contribution in [2.45, 2.75) is 12.5 Å². The number of fused-ring (bicyclic) bond motifs is 1. The Bertz CT molecular complexity index is 564. The van der Waals surface area contributed by atoms with Crippen LogP contribution in [0.3, 0.4) is 0 Å². The van der Waals surface area contributed by atoms with Gasteiger partial charge in [-0.1, -0.05) is 0 Å². The monoisotopic (exact) mass is 253 g/mol. The van der Waals surface area contributed by atoms with E-state index >= 15 is 0 Å². The molecule has 1 aliphatic heterocycles. The number of nitrogens with one attached hydrogen (secondary N) is 2. The van der Waals surface area contributed by atoms with Gasteiger partial charge in [-0.15, -0.1) is 0 Å². The quantitative estimate of drug-likeness (QED) is 0.850. The zero-order valence-electron chi connectivity index (χ0n) is 9.67. The van der Waals surface area contributed by atoms with Crippen molar-refractivity contribution in [2.24, 2.45) is 0 Å². The number of aromatic nitrogens is 2. The molecule has 0 saturated carbocycles. The number of morpholine rings is 1. The summed E-state index contributed by atoms with van der Waals surface area (Å²) < 4.78 is 31.9. The van der Waals surface area contributed by atoms with Crippen LogP contribution in [0.2, 0.25) is 0 Å². The van der Waals surface area contributed by atoms with Crippen LogP contribution in [0.5, 0.6) is 0 Å². The second kappa shape index (κ2) is 4.62. The SMILES string of the molecule is Fc1ccc2[nH]c(CC3COCCN3)nc2c1F. The number of nitrogens with zero attached hydrogens (tertiary/aromatic N) is 1. The molecule has 1 aromatic heterocycles. The molecule has 0 radical (unpaired) electrons. The molecule has 1 saturated heterocycles. The van der Waals surface area contributed by atoms with Gasteiger partial charge in [0, 0.05) is 19.0 Å². The highest BCUT2D eigenvalue weighted by atomic mass is 19.2. The summed E-state index contributed by atoms with van der Waals surface area (Å²) in [6.07, 6.45) is 0.607. The summed E-state index contributed by atoms with van der Waals surface area (Å²) in [6, 6.07) is 2.75. The lowest BCUT2D eigenvalue weighted by atomic mass is 10.2. The number of hydrogen-bond donors (Lipinski definition) is 2. The van der Waals surface area contributed by atoms with Gasteiger partial charge in [0.1, 0.15) is 11.3 Å². The van der Waals surface area contributed by atoms with Crippen LogP contribution in [0.1, 0.15) is 5.82 Å². The van der Waals surface area contributed by atoms with E-state index in [0.717, 1.165) is 12.6 Å². The lowest BCUT2D eigenvalue weighted by Crippen LogP contribution is -2.42. The number of halogens is 2. The number of benzene rings is 1. The minimum Gasteiger partial charge on any atom is -0.379 e. The van der Waals surface area contributed by atoms with E-state index in [4.69, 9.17) is 4.74 Å². The van der Waals surface area contributed by atoms with Gasteiger partial charge in [-0.3, -0.25) is 0 Å². The van der Waals surface area contributed by atoms with Crippen LogP contribution in [-0.2, 0) is 11.2 Å². The number of ether oxygens (including phenoxy) is 1. The predicted octanol–water partition coefficient (Wildman–Crippen LogP) is 1.37. The molecule has 1 aromatic carbocycles. The average molecular weight is 253 g/mol. The summed E-state index contributed by atoms with van der Waals surface area (Å²) in [5.41, 5.74) is 0.572. The maximum absolute atomic E-state index is 13.5. The van der Waals surface area contributed by atoms with E-state index in [1.807, 2.05) is 0 Å². The standard InChI is InChI=1S/C12H13F2N3O/c13-8-1-2-9-12(11(8)14)17-10(16-9)5-7-6-18-4-3-15-7/h1-2,7,15H,3-6H2,(H,16,17). The minimum absolute atomic E-state index is 0.0572. The Labute approximate surface area is 102 Å². The second-order valence-electron chi connectivity index (χ2n) is 4.37. The van der Waals surface area contributed by atoms with Gasteiger partial charge >= 0.3 is 0 Å². The molecule has 96 valence electrons. The first kappa shape index (κ1) is 11.6. The Balaban J connectivity index is 1.86. The van der Waals surface area contributed by atoms with Crippen LogP contribution in [0, 0.1) is 11.6 Å². The maximum atomic E-state index is 13.5. The van der Waals surface area contributed by atoms with Crippen molar-refractivity contribution in [1.29, 1.82) is 0 Å². The number of rotatable bonds is 2. The van der Waals surface area contributed by atoms with Crippen molar-refractivity contribution in [2.75, 3.05) is 19.8 Å². The highest BCUT2D eigenvalue weighted by Gasteiger charge is 2.17. The van der Waals surface area contributed by atoms with Gasteiger partial charge in [-0.2, -0.15) is 0 Å². The fourth-order valence-corrected chi connectivity index (χ4v) is 2.15. The van der Waals surface area contributed by atoms with Gasteiger partial charge in [0.15, 0.2) is 11.6 Å². The van der Waals surface area contributed by atoms with Gasteiger partial charge in [0.25, 0.3) is 0 Å². The van der Waals surface area contributed by atoms with Crippen molar-refractivity contribution >= 4 is 11.0 Å². The lowest BCUT2D eigenvalue weighted by molar-refractivity contribution is 0.0765. The first-order valence-electron chi connectivity index (χ1n) is 5.88. The van der Waals surface area contributed by atoms with E-state index in [2.05, 4.69) is 15.3 Å². The van der Waals surface area contributed by atoms with Crippen LogP contribution >= 0.6 is 0 Å². The summed E-state index contributed by atoms with van der Waals surface area (Å²) in [7, 11) is 0. The Kier molecular flexibility index (Phi) is 2.97. The van der Waals surface area contributed by atoms with Gasteiger partial charge in [-0.25, -0.2) is 13.8 Å². The molecule has 1 unspecified atom stereocenters. The van der Waals surface area contributed by atoms with E-state index in [0.29, 0.717) is 31.0 Å². The summed E-state index contributed by atoms with van der Waals surface area (Å²) >= 11 is 0. The highest BCUT2D eigenvalue weighted by Crippen LogP contribution is 2.18. The van der Waals surface area contributed by atoms with E-state index in [-0.39, 0.29) is 11.6 Å². The Morgan fingerprint density at radius 3 is 3.06 bits per heavy atom. The van der Waals surface area contributed by atoms with Crippen molar-refractivity contribution < 1.29 is 13.5 Å². The Morgan fingerprint density at radius 2 is 2.28 bits per heavy atom. The molecule has 1 aliphatic rings. The van der Waals surface area contributed by atoms with Crippen LogP contribution in [0.25, 0.3) is 11.0 Å². The Hall–Kier alpha value is -1.53. The molecule has 1 fully saturated rings. The smallest absolute Gasteiger partial charge is 0.186 e. The predicted molar refractivity (Wildman–Crippen MR) is 62.3 cm³/mol. The molecule has 3 rings (SSSR count). The third-order valence-corrected chi connectivity index (χ3v) is 3.03. The number of hydrogen-bond acceptors (Lipinski definition) is 3. The number of aromatic amines is 1. The van der Waals surface area contributed by atoms with Crippen LogP contribution in [0.15, 0.2) is 12.1 Å². The molecule has 1 atom stereocenters. The van der Waals surface area contributed by atoms with E-state index in [1.165, 1.54) is 6.07 Å². The second-order valence-corrected chi connectivity index (χ2v) is 4.37. The van der Waals surface area contributed by atoms with Gasteiger partial charge < -0.3 is 15.0 Å². The molecular formula is C12H13F2N3O. The summed E-state index contributed by atoms with van der Waals surface area (Å²) in [5, 5.41) is 3.29. The van der Waals surface area contributed by atoms with Crippen molar-refractivity contribution in [3.8, 4) is 0 Å². The topological polar surface area (TPSA) is 49.9 Å². The van der Waals surface area contributed by atoms with Gasteiger partial charge in [-0.05, 0) is 12.1 Å². The number of imidazole rings is 1. The molecule has 0 spiro atoms. The lowest BCUT2D eigenvalue weighted by Gasteiger charge is -2.22. The third-order valence-electron chi connectivity index (χ3n) is 3.03. The van der Waals surface area contributed by atoms with Crippen LogP contribution < -0.4 is 5.32 Å². The molecule has 0 amide bonds. The summed E-state index contributed by atoms with van der Waals surface area (Å²) in [4.78, 5) is 7.10. The number of H-pyrrole nitrogens is 1. The average Bonchev–Trinajstić information content (AvgIpc) is 2.79. The highest BCUT2D eigenvalue weighted by molar-refractivity contribution is 5.75. The molecule has 4 nitrogen and oxygen atoms in total. The zero-order chi connectivity index (χ0) is 12.5. The van der Waals surface area contributed by atoms with E-state index in [9.17, 15) is 8.78 Å². The fraction of sp³-hybridized carbons (Fsp3) is 0.417. The zero-order valence-corrected chi connectivity index (χ0v) is 9.67. The van der Waals surface area contributed by atoms with Gasteiger partial charge in [0.05, 0.1) is 18.7 Å². The molecule has 2 N–H and O–H groups in total. The van der Waals surface area contributed by atoms with Gasteiger partial charge in [0.2, 0.25) is 0 Å². The van der Waals surface area contributed by atoms with Crippen molar-refractivity contribution in [3.63, 3.8) is 0 Å². The van der Waals surface area contributed by atoms with E-state index < -0.39 is 11.6 Å². The Morgan fingerprint density at radius 1 is 1.39 bits per heavy atom. The van der Waals surface area contributed by atoms with E-state index in [1.54, 1.807) is 0 Å². The molecule has 18 heavy (non-hydrogen) atoms. The molecule has 2 heterocycles. The first-order chi connectivity index (χ1) is 8.74. The third kappa shape index (κ3) is 2.09.